The molecule has 0 spiro atoms. The van der Waals surface area contributed by atoms with Crippen LogP contribution in [0, 0.1) is 5.82 Å². The van der Waals surface area contributed by atoms with E-state index >= 15 is 0 Å². The fourth-order valence-electron chi connectivity index (χ4n) is 1.83. The standard InChI is InChI=1S/C13H12ClFN2O2S/c1-20-7-6-17-12(18)10(11(14)16-13(17)19)8-4-2-3-5-9(8)15/h2-5H,6-7H2,1H3,(H,16,19). The molecule has 0 aliphatic heterocycles. The minimum atomic E-state index is -0.589. The number of hydrogen-bond acceptors (Lipinski definition) is 3. The molecule has 0 saturated carbocycles. The summed E-state index contributed by atoms with van der Waals surface area (Å²) >= 11 is 7.41. The monoisotopic (exact) mass is 314 g/mol. The molecule has 0 amide bonds. The van der Waals surface area contributed by atoms with Crippen molar-refractivity contribution < 1.29 is 4.39 Å². The van der Waals surface area contributed by atoms with Gasteiger partial charge in [0.2, 0.25) is 0 Å². The van der Waals surface area contributed by atoms with Crippen LogP contribution < -0.4 is 11.2 Å². The molecule has 0 aliphatic carbocycles. The second-order valence-corrected chi connectivity index (χ2v) is 5.41. The number of nitrogens with one attached hydrogen (secondary N) is 1. The lowest BCUT2D eigenvalue weighted by Gasteiger charge is -2.09. The van der Waals surface area contributed by atoms with Crippen molar-refractivity contribution in [2.45, 2.75) is 6.54 Å². The predicted molar refractivity (Wildman–Crippen MR) is 80.1 cm³/mol. The SMILES string of the molecule is CSCCn1c(=O)[nH]c(Cl)c(-c2ccccc2F)c1=O. The van der Waals surface area contributed by atoms with Crippen molar-refractivity contribution in [2.75, 3.05) is 12.0 Å². The van der Waals surface area contributed by atoms with Crippen molar-refractivity contribution in [1.82, 2.24) is 9.55 Å². The molecule has 20 heavy (non-hydrogen) atoms. The largest absolute Gasteiger partial charge is 0.329 e. The molecule has 0 unspecified atom stereocenters. The van der Waals surface area contributed by atoms with Gasteiger partial charge in [-0.05, 0) is 12.3 Å². The van der Waals surface area contributed by atoms with Crippen molar-refractivity contribution in [3.63, 3.8) is 0 Å². The Morgan fingerprint density at radius 3 is 2.70 bits per heavy atom. The number of aromatic amines is 1. The summed E-state index contributed by atoms with van der Waals surface area (Å²) in [6.45, 7) is 0.244. The highest BCUT2D eigenvalue weighted by molar-refractivity contribution is 7.98. The second kappa shape index (κ2) is 6.28. The first-order valence-corrected chi connectivity index (χ1v) is 7.60. The lowest BCUT2D eigenvalue weighted by atomic mass is 10.1. The van der Waals surface area contributed by atoms with Crippen molar-refractivity contribution in [2.24, 2.45) is 0 Å². The fraction of sp³-hybridized carbons (Fsp3) is 0.231. The van der Waals surface area contributed by atoms with Gasteiger partial charge in [-0.2, -0.15) is 11.8 Å². The van der Waals surface area contributed by atoms with E-state index in [1.807, 2.05) is 6.26 Å². The highest BCUT2D eigenvalue weighted by atomic mass is 35.5. The van der Waals surface area contributed by atoms with Crippen LogP contribution >= 0.6 is 23.4 Å². The molecule has 2 rings (SSSR count). The predicted octanol–water partition coefficient (Wildman–Crippen LogP) is 2.36. The molecule has 0 bridgehead atoms. The average Bonchev–Trinajstić information content (AvgIpc) is 2.40. The number of H-pyrrole nitrogens is 1. The number of thioether (sulfide) groups is 1. The minimum absolute atomic E-state index is 0.0227. The summed E-state index contributed by atoms with van der Waals surface area (Å²) in [5.74, 6) is 0.0383. The molecule has 0 fully saturated rings. The van der Waals surface area contributed by atoms with Crippen LogP contribution in [0.15, 0.2) is 33.9 Å². The third-order valence-corrected chi connectivity index (χ3v) is 3.68. The van der Waals surface area contributed by atoms with Crippen LogP contribution in [0.25, 0.3) is 11.1 Å². The maximum absolute atomic E-state index is 13.8. The van der Waals surface area contributed by atoms with Gasteiger partial charge in [-0.15, -0.1) is 0 Å². The highest BCUT2D eigenvalue weighted by Gasteiger charge is 2.17. The summed E-state index contributed by atoms with van der Waals surface area (Å²) in [5.41, 5.74) is -1.12. The molecule has 1 heterocycles. The van der Waals surface area contributed by atoms with E-state index in [1.165, 1.54) is 30.0 Å². The summed E-state index contributed by atoms with van der Waals surface area (Å²) in [6, 6.07) is 5.81. The molecule has 0 radical (unpaired) electrons. The maximum Gasteiger partial charge on any atom is 0.329 e. The van der Waals surface area contributed by atoms with Crippen LogP contribution in [-0.4, -0.2) is 21.6 Å². The van der Waals surface area contributed by atoms with Gasteiger partial charge in [-0.25, -0.2) is 9.18 Å². The van der Waals surface area contributed by atoms with E-state index in [1.54, 1.807) is 6.07 Å². The summed E-state index contributed by atoms with van der Waals surface area (Å²) in [4.78, 5) is 26.5. The van der Waals surface area contributed by atoms with Crippen molar-refractivity contribution in [3.8, 4) is 11.1 Å². The molecule has 7 heteroatoms. The van der Waals surface area contributed by atoms with Gasteiger partial charge >= 0.3 is 5.69 Å². The Kier molecular flexibility index (Phi) is 4.67. The number of hydrogen-bond donors (Lipinski definition) is 1. The number of nitrogens with zero attached hydrogens (tertiary/aromatic N) is 1. The number of rotatable bonds is 4. The average molecular weight is 315 g/mol. The smallest absolute Gasteiger partial charge is 0.297 e. The summed E-state index contributed by atoms with van der Waals surface area (Å²) in [5, 5.41) is -0.148. The third-order valence-electron chi connectivity index (χ3n) is 2.80. The first kappa shape index (κ1) is 14.9. The van der Waals surface area contributed by atoms with Gasteiger partial charge < -0.3 is 0 Å². The number of benzene rings is 1. The second-order valence-electron chi connectivity index (χ2n) is 4.05. The third kappa shape index (κ3) is 2.81. The van der Waals surface area contributed by atoms with Crippen LogP contribution in [0.2, 0.25) is 5.15 Å². The topological polar surface area (TPSA) is 54.9 Å². The first-order chi connectivity index (χ1) is 9.56. The Morgan fingerprint density at radius 2 is 2.05 bits per heavy atom. The number of aromatic nitrogens is 2. The lowest BCUT2D eigenvalue weighted by Crippen LogP contribution is -2.37. The van der Waals surface area contributed by atoms with Gasteiger partial charge in [0.15, 0.2) is 0 Å². The zero-order chi connectivity index (χ0) is 14.7. The molecule has 106 valence electrons. The quantitative estimate of drug-likeness (QED) is 0.881. The Balaban J connectivity index is 2.68. The van der Waals surface area contributed by atoms with Crippen molar-refractivity contribution in [3.05, 3.63) is 56.1 Å². The molecule has 1 N–H and O–H groups in total. The van der Waals surface area contributed by atoms with Gasteiger partial charge in [-0.3, -0.25) is 14.3 Å². The molecule has 4 nitrogen and oxygen atoms in total. The van der Waals surface area contributed by atoms with Crippen molar-refractivity contribution >= 4 is 23.4 Å². The molecule has 0 saturated heterocycles. The fourth-order valence-corrected chi connectivity index (χ4v) is 2.46. The molecular formula is C13H12ClFN2O2S. The van der Waals surface area contributed by atoms with Gasteiger partial charge in [0.25, 0.3) is 5.56 Å². The Bertz CT molecular complexity index is 742. The van der Waals surface area contributed by atoms with E-state index in [4.69, 9.17) is 11.6 Å². The molecule has 0 atom stereocenters. The van der Waals surface area contributed by atoms with E-state index in [2.05, 4.69) is 4.98 Å². The van der Waals surface area contributed by atoms with Gasteiger partial charge in [0.1, 0.15) is 11.0 Å². The normalized spacial score (nSPS) is 10.8. The van der Waals surface area contributed by atoms with Crippen molar-refractivity contribution in [1.29, 1.82) is 0 Å². The molecule has 1 aromatic carbocycles. The van der Waals surface area contributed by atoms with Crippen LogP contribution in [0.4, 0.5) is 4.39 Å². The van der Waals surface area contributed by atoms with E-state index in [0.717, 1.165) is 4.57 Å². The number of halogens is 2. The summed E-state index contributed by atoms with van der Waals surface area (Å²) in [6.07, 6.45) is 1.87. The minimum Gasteiger partial charge on any atom is -0.297 e. The molecule has 0 aliphatic rings. The first-order valence-electron chi connectivity index (χ1n) is 5.82. The zero-order valence-corrected chi connectivity index (χ0v) is 12.2. The highest BCUT2D eigenvalue weighted by Crippen LogP contribution is 2.24. The Morgan fingerprint density at radius 1 is 1.35 bits per heavy atom. The maximum atomic E-state index is 13.8. The lowest BCUT2D eigenvalue weighted by molar-refractivity contribution is 0.629. The van der Waals surface area contributed by atoms with E-state index in [-0.39, 0.29) is 22.8 Å². The van der Waals surface area contributed by atoms with E-state index in [9.17, 15) is 14.0 Å². The van der Waals surface area contributed by atoms with Crippen LogP contribution in [0.3, 0.4) is 0 Å². The molecule has 1 aromatic heterocycles. The van der Waals surface area contributed by atoms with Crippen LogP contribution in [-0.2, 0) is 6.54 Å². The van der Waals surface area contributed by atoms with E-state index in [0.29, 0.717) is 5.75 Å². The van der Waals surface area contributed by atoms with E-state index < -0.39 is 17.1 Å². The summed E-state index contributed by atoms with van der Waals surface area (Å²) < 4.78 is 14.8. The Hall–Kier alpha value is -1.53. The molecular weight excluding hydrogens is 303 g/mol. The zero-order valence-electron chi connectivity index (χ0n) is 10.7. The summed E-state index contributed by atoms with van der Waals surface area (Å²) in [7, 11) is 0. The Labute approximate surface area is 123 Å². The van der Waals surface area contributed by atoms with Gasteiger partial charge in [0.05, 0.1) is 5.56 Å². The van der Waals surface area contributed by atoms with Crippen LogP contribution in [0.1, 0.15) is 0 Å². The van der Waals surface area contributed by atoms with Gasteiger partial charge in [-0.1, -0.05) is 29.8 Å². The van der Waals surface area contributed by atoms with Gasteiger partial charge in [0, 0.05) is 17.9 Å². The molecule has 2 aromatic rings. The van der Waals surface area contributed by atoms with Crippen LogP contribution in [0.5, 0.6) is 0 Å².